The van der Waals surface area contributed by atoms with Crippen molar-refractivity contribution < 1.29 is 4.74 Å². The average molecular weight is 260 g/mol. The standard InChI is InChI=1S/C19H16O/c1-15-7-5-11-18(13-15)20-19-12-6-10-17(14-19)16-8-3-2-4-9-16/h2-14H,1H3. The molecule has 0 saturated carbocycles. The highest BCUT2D eigenvalue weighted by Gasteiger charge is 2.01. The second kappa shape index (κ2) is 5.62. The van der Waals surface area contributed by atoms with Crippen molar-refractivity contribution in [3.63, 3.8) is 0 Å². The molecule has 0 heterocycles. The molecule has 0 aliphatic rings. The second-order valence-corrected chi connectivity index (χ2v) is 4.81. The third-order valence-corrected chi connectivity index (χ3v) is 3.17. The minimum Gasteiger partial charge on any atom is -0.457 e. The fourth-order valence-electron chi connectivity index (χ4n) is 2.18. The molecule has 1 heteroatoms. The van der Waals surface area contributed by atoms with Gasteiger partial charge in [0.15, 0.2) is 0 Å². The molecule has 0 saturated heterocycles. The molecule has 0 spiro atoms. The Balaban J connectivity index is 1.88. The van der Waals surface area contributed by atoms with Crippen molar-refractivity contribution in [2.45, 2.75) is 6.92 Å². The molecule has 0 fully saturated rings. The lowest BCUT2D eigenvalue weighted by Crippen LogP contribution is -1.85. The van der Waals surface area contributed by atoms with Gasteiger partial charge in [-0.25, -0.2) is 0 Å². The maximum absolute atomic E-state index is 5.92. The minimum absolute atomic E-state index is 0.858. The summed E-state index contributed by atoms with van der Waals surface area (Å²) in [5, 5.41) is 0. The lowest BCUT2D eigenvalue weighted by molar-refractivity contribution is 0.482. The van der Waals surface area contributed by atoms with Gasteiger partial charge >= 0.3 is 0 Å². The van der Waals surface area contributed by atoms with E-state index in [1.54, 1.807) is 0 Å². The zero-order valence-electron chi connectivity index (χ0n) is 11.4. The van der Waals surface area contributed by atoms with Crippen LogP contribution in [0.3, 0.4) is 0 Å². The Morgan fingerprint density at radius 1 is 0.600 bits per heavy atom. The van der Waals surface area contributed by atoms with Crippen LogP contribution in [0.15, 0.2) is 78.9 Å². The van der Waals surface area contributed by atoms with Crippen LogP contribution in [0.1, 0.15) is 5.56 Å². The summed E-state index contributed by atoms with van der Waals surface area (Å²) in [6.07, 6.45) is 0. The lowest BCUT2D eigenvalue weighted by Gasteiger charge is -2.08. The normalized spacial score (nSPS) is 10.2. The smallest absolute Gasteiger partial charge is 0.128 e. The number of aryl methyl sites for hydroxylation is 1. The van der Waals surface area contributed by atoms with Gasteiger partial charge in [-0.05, 0) is 47.9 Å². The van der Waals surface area contributed by atoms with Crippen LogP contribution in [0.5, 0.6) is 11.5 Å². The Bertz CT molecular complexity index is 702. The van der Waals surface area contributed by atoms with Crippen LogP contribution in [0.2, 0.25) is 0 Å². The van der Waals surface area contributed by atoms with Crippen molar-refractivity contribution in [2.24, 2.45) is 0 Å². The molecule has 0 amide bonds. The predicted molar refractivity (Wildman–Crippen MR) is 83.1 cm³/mol. The first-order valence-corrected chi connectivity index (χ1v) is 6.71. The van der Waals surface area contributed by atoms with Gasteiger partial charge in [0.25, 0.3) is 0 Å². The Hall–Kier alpha value is -2.54. The zero-order valence-corrected chi connectivity index (χ0v) is 11.4. The highest BCUT2D eigenvalue weighted by atomic mass is 16.5. The molecule has 1 nitrogen and oxygen atoms in total. The first-order valence-electron chi connectivity index (χ1n) is 6.71. The fourth-order valence-corrected chi connectivity index (χ4v) is 2.18. The Morgan fingerprint density at radius 3 is 2.00 bits per heavy atom. The number of benzene rings is 3. The Morgan fingerprint density at radius 2 is 1.25 bits per heavy atom. The van der Waals surface area contributed by atoms with Crippen LogP contribution in [-0.2, 0) is 0 Å². The van der Waals surface area contributed by atoms with E-state index in [-0.39, 0.29) is 0 Å². The molecule has 0 aliphatic carbocycles. The third kappa shape index (κ3) is 2.89. The molecule has 3 aromatic rings. The monoisotopic (exact) mass is 260 g/mol. The van der Waals surface area contributed by atoms with Crippen molar-refractivity contribution in [3.8, 4) is 22.6 Å². The zero-order chi connectivity index (χ0) is 13.8. The third-order valence-electron chi connectivity index (χ3n) is 3.17. The first kappa shape index (κ1) is 12.5. The van der Waals surface area contributed by atoms with Crippen LogP contribution in [0.25, 0.3) is 11.1 Å². The summed E-state index contributed by atoms with van der Waals surface area (Å²) < 4.78 is 5.92. The van der Waals surface area contributed by atoms with E-state index in [9.17, 15) is 0 Å². The van der Waals surface area contributed by atoms with E-state index in [0.29, 0.717) is 0 Å². The van der Waals surface area contributed by atoms with Crippen LogP contribution in [0.4, 0.5) is 0 Å². The molecule has 0 radical (unpaired) electrons. The van der Waals surface area contributed by atoms with Crippen molar-refractivity contribution in [2.75, 3.05) is 0 Å². The van der Waals surface area contributed by atoms with Gasteiger partial charge in [-0.2, -0.15) is 0 Å². The number of hydrogen-bond acceptors (Lipinski definition) is 1. The van der Waals surface area contributed by atoms with E-state index in [2.05, 4.69) is 37.3 Å². The van der Waals surface area contributed by atoms with Crippen molar-refractivity contribution >= 4 is 0 Å². The molecular weight excluding hydrogens is 244 g/mol. The lowest BCUT2D eigenvalue weighted by atomic mass is 10.1. The largest absolute Gasteiger partial charge is 0.457 e. The van der Waals surface area contributed by atoms with E-state index < -0.39 is 0 Å². The molecule has 98 valence electrons. The van der Waals surface area contributed by atoms with Gasteiger partial charge in [0, 0.05) is 0 Å². The van der Waals surface area contributed by atoms with Gasteiger partial charge < -0.3 is 4.74 Å². The molecule has 0 aromatic heterocycles. The van der Waals surface area contributed by atoms with Crippen molar-refractivity contribution in [1.29, 1.82) is 0 Å². The summed E-state index contributed by atoms with van der Waals surface area (Å²) in [6, 6.07) is 26.6. The highest BCUT2D eigenvalue weighted by Crippen LogP contribution is 2.27. The molecule has 3 rings (SSSR count). The Kier molecular flexibility index (Phi) is 3.51. The molecule has 0 aliphatic heterocycles. The van der Waals surface area contributed by atoms with E-state index in [1.807, 2.05) is 48.5 Å². The topological polar surface area (TPSA) is 9.23 Å². The number of hydrogen-bond donors (Lipinski definition) is 0. The summed E-state index contributed by atoms with van der Waals surface area (Å²) in [5.41, 5.74) is 3.56. The molecule has 3 aromatic carbocycles. The average Bonchev–Trinajstić information content (AvgIpc) is 2.48. The van der Waals surface area contributed by atoms with Gasteiger partial charge in [-0.15, -0.1) is 0 Å². The maximum atomic E-state index is 5.92. The first-order chi connectivity index (χ1) is 9.81. The number of ether oxygens (including phenoxy) is 1. The van der Waals surface area contributed by atoms with Crippen LogP contribution >= 0.6 is 0 Å². The molecule has 0 bridgehead atoms. The highest BCUT2D eigenvalue weighted by molar-refractivity contribution is 5.65. The molecule has 0 atom stereocenters. The molecule has 0 N–H and O–H groups in total. The van der Waals surface area contributed by atoms with Gasteiger partial charge in [-0.1, -0.05) is 54.6 Å². The van der Waals surface area contributed by atoms with Crippen molar-refractivity contribution in [3.05, 3.63) is 84.4 Å². The SMILES string of the molecule is Cc1cccc(Oc2cccc(-c3ccccc3)c2)c1. The van der Waals surface area contributed by atoms with Gasteiger partial charge in [0.1, 0.15) is 11.5 Å². The van der Waals surface area contributed by atoms with Crippen LogP contribution < -0.4 is 4.74 Å². The van der Waals surface area contributed by atoms with Crippen LogP contribution in [0, 0.1) is 6.92 Å². The summed E-state index contributed by atoms with van der Waals surface area (Å²) >= 11 is 0. The molecule has 0 unspecified atom stereocenters. The fraction of sp³-hybridized carbons (Fsp3) is 0.0526. The minimum atomic E-state index is 0.858. The van der Waals surface area contributed by atoms with E-state index in [4.69, 9.17) is 4.74 Å². The van der Waals surface area contributed by atoms with Crippen LogP contribution in [-0.4, -0.2) is 0 Å². The summed E-state index contributed by atoms with van der Waals surface area (Å²) in [6.45, 7) is 2.06. The summed E-state index contributed by atoms with van der Waals surface area (Å²) in [7, 11) is 0. The van der Waals surface area contributed by atoms with E-state index >= 15 is 0 Å². The number of rotatable bonds is 3. The van der Waals surface area contributed by atoms with E-state index in [1.165, 1.54) is 11.1 Å². The quantitative estimate of drug-likeness (QED) is 0.608. The van der Waals surface area contributed by atoms with Crippen molar-refractivity contribution in [1.82, 2.24) is 0 Å². The molecular formula is C19H16O. The summed E-state index contributed by atoms with van der Waals surface area (Å²) in [5.74, 6) is 1.73. The summed E-state index contributed by atoms with van der Waals surface area (Å²) in [4.78, 5) is 0. The molecule has 20 heavy (non-hydrogen) atoms. The van der Waals surface area contributed by atoms with Gasteiger partial charge in [-0.3, -0.25) is 0 Å². The Labute approximate surface area is 119 Å². The van der Waals surface area contributed by atoms with Gasteiger partial charge in [0.05, 0.1) is 0 Å². The predicted octanol–water partition coefficient (Wildman–Crippen LogP) is 5.45. The second-order valence-electron chi connectivity index (χ2n) is 4.81. The van der Waals surface area contributed by atoms with E-state index in [0.717, 1.165) is 17.1 Å². The maximum Gasteiger partial charge on any atom is 0.128 e. The van der Waals surface area contributed by atoms with Gasteiger partial charge in [0.2, 0.25) is 0 Å².